The monoisotopic (exact) mass is 340 g/mol. The first-order valence-electron chi connectivity index (χ1n) is 8.66. The molecule has 0 aliphatic heterocycles. The van der Waals surface area contributed by atoms with Crippen molar-refractivity contribution in [1.82, 2.24) is 9.55 Å². The Balaban J connectivity index is 1.80. The number of hydrogen-bond donors (Lipinski definition) is 1. The lowest BCUT2D eigenvalue weighted by Crippen LogP contribution is -2.06. The summed E-state index contributed by atoms with van der Waals surface area (Å²) in [4.78, 5) is 3.68. The van der Waals surface area contributed by atoms with Crippen molar-refractivity contribution in [2.24, 2.45) is 0 Å². The average Bonchev–Trinajstić information content (AvgIpc) is 3.33. The summed E-state index contributed by atoms with van der Waals surface area (Å²) in [6.07, 6.45) is 9.93. The average molecular weight is 340 g/mol. The molecule has 3 heteroatoms. The molecule has 0 saturated carbocycles. The quantitative estimate of drug-likeness (QED) is 0.357. The van der Waals surface area contributed by atoms with Gasteiger partial charge in [-0.1, -0.05) is 48.6 Å². The predicted octanol–water partition coefficient (Wildman–Crippen LogP) is 6.55. The number of nitrogens with one attached hydrogen (secondary N) is 1. The fourth-order valence-corrected chi connectivity index (χ4v) is 5.21. The van der Waals surface area contributed by atoms with Gasteiger partial charge in [-0.3, -0.25) is 0 Å². The molecule has 0 fully saturated rings. The molecular weight excluding hydrogens is 324 g/mol. The number of allylic oxidation sites excluding steroid dienone is 4. The van der Waals surface area contributed by atoms with Crippen LogP contribution in [0.3, 0.4) is 0 Å². The number of fused-ring (bicyclic) bond motifs is 7. The SMILES string of the molecule is C1=CCC(n2c3ccsc3c3c4[nH]c5ccccc5c4ccc32)C=C1. The molecule has 0 bridgehead atoms. The van der Waals surface area contributed by atoms with Gasteiger partial charge in [-0.05, 0) is 30.0 Å². The number of nitrogens with zero attached hydrogens (tertiary/aromatic N) is 1. The Morgan fingerprint density at radius 2 is 1.92 bits per heavy atom. The van der Waals surface area contributed by atoms with Crippen LogP contribution in [0.2, 0.25) is 0 Å². The highest BCUT2D eigenvalue weighted by molar-refractivity contribution is 7.18. The summed E-state index contributed by atoms with van der Waals surface area (Å²) in [6, 6.07) is 15.8. The van der Waals surface area contributed by atoms with Crippen LogP contribution in [0.1, 0.15) is 12.5 Å². The first kappa shape index (κ1) is 13.5. The van der Waals surface area contributed by atoms with Crippen LogP contribution in [0.25, 0.3) is 42.9 Å². The van der Waals surface area contributed by atoms with E-state index in [0.717, 1.165) is 6.42 Å². The number of hydrogen-bond acceptors (Lipinski definition) is 1. The van der Waals surface area contributed by atoms with Crippen LogP contribution in [0.5, 0.6) is 0 Å². The number of aromatic nitrogens is 2. The van der Waals surface area contributed by atoms with Crippen molar-refractivity contribution in [3.05, 3.63) is 72.1 Å². The van der Waals surface area contributed by atoms with Crippen molar-refractivity contribution >= 4 is 54.3 Å². The summed E-state index contributed by atoms with van der Waals surface area (Å²) in [7, 11) is 0. The van der Waals surface area contributed by atoms with E-state index in [4.69, 9.17) is 0 Å². The number of rotatable bonds is 1. The second-order valence-electron chi connectivity index (χ2n) is 6.67. The van der Waals surface area contributed by atoms with E-state index in [9.17, 15) is 0 Å². The van der Waals surface area contributed by atoms with E-state index >= 15 is 0 Å². The molecule has 0 amide bonds. The number of aromatic amines is 1. The second-order valence-corrected chi connectivity index (χ2v) is 7.59. The highest BCUT2D eigenvalue weighted by Crippen LogP contribution is 2.41. The number of thiophene rings is 1. The van der Waals surface area contributed by atoms with E-state index in [2.05, 4.69) is 81.7 Å². The first-order chi connectivity index (χ1) is 12.4. The lowest BCUT2D eigenvalue weighted by Gasteiger charge is -2.17. The summed E-state index contributed by atoms with van der Waals surface area (Å²) in [5, 5.41) is 6.19. The molecule has 1 aliphatic carbocycles. The summed E-state index contributed by atoms with van der Waals surface area (Å²) in [5.74, 6) is 0. The van der Waals surface area contributed by atoms with Crippen LogP contribution in [0, 0.1) is 0 Å². The minimum absolute atomic E-state index is 0.390. The van der Waals surface area contributed by atoms with E-state index in [1.54, 1.807) is 0 Å². The molecule has 0 saturated heterocycles. The molecule has 1 atom stereocenters. The Morgan fingerprint density at radius 3 is 2.84 bits per heavy atom. The zero-order valence-electron chi connectivity index (χ0n) is 13.6. The summed E-state index contributed by atoms with van der Waals surface area (Å²) in [6.45, 7) is 0. The zero-order chi connectivity index (χ0) is 16.4. The van der Waals surface area contributed by atoms with Crippen molar-refractivity contribution in [2.75, 3.05) is 0 Å². The van der Waals surface area contributed by atoms with Gasteiger partial charge in [-0.2, -0.15) is 0 Å². The highest BCUT2D eigenvalue weighted by Gasteiger charge is 2.20. The van der Waals surface area contributed by atoms with Gasteiger partial charge in [-0.15, -0.1) is 11.3 Å². The lowest BCUT2D eigenvalue weighted by molar-refractivity contribution is 0.648. The highest BCUT2D eigenvalue weighted by atomic mass is 32.1. The van der Waals surface area contributed by atoms with Crippen molar-refractivity contribution in [1.29, 1.82) is 0 Å². The standard InChI is InChI=1S/C22H16N2S/c1-2-6-14(7-3-1)24-18-11-10-16-15-8-4-5-9-17(15)23-21(16)20(18)22-19(24)12-13-25-22/h1-6,8-14,23H,7H2. The lowest BCUT2D eigenvalue weighted by atomic mass is 10.1. The molecule has 6 rings (SSSR count). The summed E-state index contributed by atoms with van der Waals surface area (Å²) in [5.41, 5.74) is 5.14. The van der Waals surface area contributed by atoms with Gasteiger partial charge in [-0.25, -0.2) is 0 Å². The van der Waals surface area contributed by atoms with Crippen molar-refractivity contribution in [3.63, 3.8) is 0 Å². The minimum atomic E-state index is 0.390. The first-order valence-corrected chi connectivity index (χ1v) is 9.53. The molecule has 120 valence electrons. The van der Waals surface area contributed by atoms with E-state index in [-0.39, 0.29) is 0 Å². The molecular formula is C22H16N2S. The fraction of sp³-hybridized carbons (Fsp3) is 0.0909. The van der Waals surface area contributed by atoms with Crippen LogP contribution in [0.15, 0.2) is 72.1 Å². The molecule has 2 nitrogen and oxygen atoms in total. The van der Waals surface area contributed by atoms with E-state index < -0.39 is 0 Å². The molecule has 2 aromatic carbocycles. The van der Waals surface area contributed by atoms with Crippen LogP contribution in [0.4, 0.5) is 0 Å². The van der Waals surface area contributed by atoms with Gasteiger partial charge in [0.1, 0.15) is 0 Å². The van der Waals surface area contributed by atoms with Crippen LogP contribution in [-0.2, 0) is 0 Å². The van der Waals surface area contributed by atoms with Gasteiger partial charge in [0, 0.05) is 21.7 Å². The molecule has 25 heavy (non-hydrogen) atoms. The normalized spacial score (nSPS) is 17.5. The Hall–Kier alpha value is -2.78. The van der Waals surface area contributed by atoms with Gasteiger partial charge in [0.2, 0.25) is 0 Å². The number of benzene rings is 2. The van der Waals surface area contributed by atoms with Crippen LogP contribution in [-0.4, -0.2) is 9.55 Å². The maximum absolute atomic E-state index is 3.68. The van der Waals surface area contributed by atoms with E-state index in [0.29, 0.717) is 6.04 Å². The van der Waals surface area contributed by atoms with Gasteiger partial charge in [0.05, 0.1) is 27.3 Å². The number of para-hydroxylation sites is 1. The van der Waals surface area contributed by atoms with E-state index in [1.807, 2.05) is 11.3 Å². The Morgan fingerprint density at radius 1 is 0.960 bits per heavy atom. The Bertz CT molecular complexity index is 1330. The van der Waals surface area contributed by atoms with Crippen molar-refractivity contribution < 1.29 is 0 Å². The zero-order valence-corrected chi connectivity index (χ0v) is 14.4. The Kier molecular flexibility index (Phi) is 2.63. The smallest absolute Gasteiger partial charge is 0.0622 e. The molecule has 3 aromatic heterocycles. The van der Waals surface area contributed by atoms with Gasteiger partial charge in [0.25, 0.3) is 0 Å². The maximum atomic E-state index is 3.68. The third-order valence-corrected chi connectivity index (χ3v) is 6.26. The third-order valence-electron chi connectivity index (χ3n) is 5.34. The van der Waals surface area contributed by atoms with Gasteiger partial charge in [0.15, 0.2) is 0 Å². The molecule has 1 unspecified atom stereocenters. The molecule has 5 aromatic rings. The minimum Gasteiger partial charge on any atom is -0.354 e. The van der Waals surface area contributed by atoms with Gasteiger partial charge < -0.3 is 9.55 Å². The largest absolute Gasteiger partial charge is 0.354 e. The second kappa shape index (κ2) is 4.87. The van der Waals surface area contributed by atoms with Crippen LogP contribution >= 0.6 is 11.3 Å². The fourth-order valence-electron chi connectivity index (χ4n) is 4.26. The molecule has 3 heterocycles. The third kappa shape index (κ3) is 1.73. The Labute approximate surface area is 148 Å². The van der Waals surface area contributed by atoms with Crippen molar-refractivity contribution in [3.8, 4) is 0 Å². The van der Waals surface area contributed by atoms with E-state index in [1.165, 1.54) is 42.9 Å². The summed E-state index contributed by atoms with van der Waals surface area (Å²) < 4.78 is 3.89. The van der Waals surface area contributed by atoms with Crippen molar-refractivity contribution in [2.45, 2.75) is 12.5 Å². The predicted molar refractivity (Wildman–Crippen MR) is 109 cm³/mol. The molecule has 0 spiro atoms. The maximum Gasteiger partial charge on any atom is 0.0622 e. The van der Waals surface area contributed by atoms with Gasteiger partial charge >= 0.3 is 0 Å². The molecule has 0 radical (unpaired) electrons. The molecule has 1 aliphatic rings. The molecule has 1 N–H and O–H groups in total. The summed E-state index contributed by atoms with van der Waals surface area (Å²) >= 11 is 1.84. The topological polar surface area (TPSA) is 20.7 Å². The van der Waals surface area contributed by atoms with Crippen LogP contribution < -0.4 is 0 Å². The number of H-pyrrole nitrogens is 1.